The van der Waals surface area contributed by atoms with Crippen molar-refractivity contribution in [1.29, 1.82) is 0 Å². The molecule has 4 nitrogen and oxygen atoms in total. The molecule has 2 aromatic rings. The van der Waals surface area contributed by atoms with Crippen LogP contribution in [0.3, 0.4) is 0 Å². The van der Waals surface area contributed by atoms with Crippen LogP contribution in [-0.2, 0) is 0 Å². The first kappa shape index (κ1) is 18.6. The molecule has 6 heteroatoms. The number of aliphatic hydroxyl groups excluding tert-OH is 2. The highest BCUT2D eigenvalue weighted by molar-refractivity contribution is 6.59. The van der Waals surface area contributed by atoms with Crippen molar-refractivity contribution in [3.8, 4) is 11.5 Å². The molecule has 0 aliphatic carbocycles. The molecule has 0 aromatic heterocycles. The Morgan fingerprint density at radius 2 is 1.08 bits per heavy atom. The average Bonchev–Trinajstić information content (AvgIpc) is 2.49. The van der Waals surface area contributed by atoms with Gasteiger partial charge in [0, 0.05) is 5.57 Å². The Kier molecular flexibility index (Phi) is 6.52. The predicted octanol–water partition coefficient (Wildman–Crippen LogP) is 4.32. The minimum atomic E-state index is -0.885. The molecular formula is C18H18Cl2O4. The van der Waals surface area contributed by atoms with Crippen LogP contribution in [0.15, 0.2) is 53.0 Å². The summed E-state index contributed by atoms with van der Waals surface area (Å²) in [5.41, 5.74) is 2.26. The van der Waals surface area contributed by atoms with Crippen LogP contribution in [-0.4, -0.2) is 22.8 Å². The second-order valence-electron chi connectivity index (χ2n) is 5.12. The van der Waals surface area contributed by atoms with E-state index in [1.54, 1.807) is 48.5 Å². The van der Waals surface area contributed by atoms with E-state index < -0.39 is 12.6 Å². The number of hydrogen-bond donors (Lipinski definition) is 2. The zero-order chi connectivity index (χ0) is 17.7. The summed E-state index contributed by atoms with van der Waals surface area (Å²) in [6, 6.07) is 14.1. The fourth-order valence-electron chi connectivity index (χ4n) is 2.18. The second kappa shape index (κ2) is 8.40. The molecule has 0 saturated heterocycles. The van der Waals surface area contributed by atoms with Crippen molar-refractivity contribution < 1.29 is 19.7 Å². The molecule has 0 bridgehead atoms. The maximum Gasteiger partial charge on any atom is 0.194 e. The van der Waals surface area contributed by atoms with Crippen molar-refractivity contribution >= 4 is 28.8 Å². The maximum atomic E-state index is 9.24. The predicted molar refractivity (Wildman–Crippen MR) is 95.2 cm³/mol. The van der Waals surface area contributed by atoms with Crippen LogP contribution < -0.4 is 9.47 Å². The molecule has 0 heterocycles. The molecule has 0 spiro atoms. The monoisotopic (exact) mass is 368 g/mol. The Hall–Kier alpha value is -1.72. The molecule has 0 fully saturated rings. The van der Waals surface area contributed by atoms with Gasteiger partial charge in [0.15, 0.2) is 12.6 Å². The smallest absolute Gasteiger partial charge is 0.194 e. The fourth-order valence-corrected chi connectivity index (χ4v) is 2.62. The van der Waals surface area contributed by atoms with Crippen molar-refractivity contribution in [1.82, 2.24) is 0 Å². The molecule has 0 saturated carbocycles. The van der Waals surface area contributed by atoms with Gasteiger partial charge in [-0.15, -0.1) is 0 Å². The van der Waals surface area contributed by atoms with E-state index in [9.17, 15) is 10.2 Å². The van der Waals surface area contributed by atoms with Crippen molar-refractivity contribution in [2.24, 2.45) is 0 Å². The molecule has 24 heavy (non-hydrogen) atoms. The zero-order valence-corrected chi connectivity index (χ0v) is 14.8. The van der Waals surface area contributed by atoms with Crippen LogP contribution in [0, 0.1) is 0 Å². The van der Waals surface area contributed by atoms with Crippen molar-refractivity contribution in [2.45, 2.75) is 26.4 Å². The lowest BCUT2D eigenvalue weighted by Gasteiger charge is -2.13. The molecule has 0 radical (unpaired) electrons. The van der Waals surface area contributed by atoms with E-state index in [0.717, 1.165) is 11.1 Å². The van der Waals surface area contributed by atoms with Crippen LogP contribution in [0.5, 0.6) is 11.5 Å². The number of rotatable bonds is 6. The lowest BCUT2D eigenvalue weighted by Crippen LogP contribution is -2.09. The van der Waals surface area contributed by atoms with Crippen LogP contribution in [0.4, 0.5) is 0 Å². The zero-order valence-electron chi connectivity index (χ0n) is 13.2. The summed E-state index contributed by atoms with van der Waals surface area (Å²) < 4.78 is 10.5. The molecule has 2 unspecified atom stereocenters. The van der Waals surface area contributed by atoms with Gasteiger partial charge in [-0.1, -0.05) is 47.5 Å². The highest BCUT2D eigenvalue weighted by atomic mass is 35.5. The third-order valence-electron chi connectivity index (χ3n) is 3.09. The number of ether oxygens (including phenoxy) is 2. The van der Waals surface area contributed by atoms with Crippen molar-refractivity contribution in [3.05, 3.63) is 64.1 Å². The summed E-state index contributed by atoms with van der Waals surface area (Å²) in [7, 11) is 0. The van der Waals surface area contributed by atoms with E-state index in [2.05, 4.69) is 0 Å². The summed E-state index contributed by atoms with van der Waals surface area (Å²) >= 11 is 12.1. The fraction of sp³-hybridized carbons (Fsp3) is 0.222. The SMILES string of the molecule is CC(O)Oc1ccc(C(=C(Cl)Cl)c2ccc(OC(C)O)cc2)cc1. The number of hydrogen-bond acceptors (Lipinski definition) is 4. The Labute approximate surface area is 150 Å². The molecule has 2 rings (SSSR count). The lowest BCUT2D eigenvalue weighted by atomic mass is 9.99. The summed E-state index contributed by atoms with van der Waals surface area (Å²) in [5, 5.41) is 18.5. The summed E-state index contributed by atoms with van der Waals surface area (Å²) in [4.78, 5) is 0. The van der Waals surface area contributed by atoms with Gasteiger partial charge in [-0.05, 0) is 49.2 Å². The first-order valence-electron chi connectivity index (χ1n) is 7.32. The molecule has 2 N–H and O–H groups in total. The van der Waals surface area contributed by atoms with E-state index in [1.807, 2.05) is 0 Å². The number of aliphatic hydroxyl groups is 2. The Morgan fingerprint density at radius 1 is 0.750 bits per heavy atom. The summed E-state index contributed by atoms with van der Waals surface area (Å²) in [6.07, 6.45) is -1.77. The van der Waals surface area contributed by atoms with Gasteiger partial charge < -0.3 is 19.7 Å². The lowest BCUT2D eigenvalue weighted by molar-refractivity contribution is -0.000873. The summed E-state index contributed by atoms with van der Waals surface area (Å²) in [6.45, 7) is 3.07. The van der Waals surface area contributed by atoms with Gasteiger partial charge >= 0.3 is 0 Å². The van der Waals surface area contributed by atoms with Crippen LogP contribution in [0.1, 0.15) is 25.0 Å². The minimum Gasteiger partial charge on any atom is -0.465 e. The first-order chi connectivity index (χ1) is 11.4. The average molecular weight is 369 g/mol. The van der Waals surface area contributed by atoms with Crippen molar-refractivity contribution in [3.63, 3.8) is 0 Å². The van der Waals surface area contributed by atoms with Crippen LogP contribution >= 0.6 is 23.2 Å². The topological polar surface area (TPSA) is 58.9 Å². The second-order valence-corrected chi connectivity index (χ2v) is 6.07. The standard InChI is InChI=1S/C18H18Cl2O4/c1-11(21)23-15-7-3-13(4-8-15)17(18(19)20)14-5-9-16(10-6-14)24-12(2)22/h3-12,21-22H,1-2H3. The van der Waals surface area contributed by atoms with E-state index >= 15 is 0 Å². The van der Waals surface area contributed by atoms with Crippen LogP contribution in [0.25, 0.3) is 5.57 Å². The highest BCUT2D eigenvalue weighted by Crippen LogP contribution is 2.33. The highest BCUT2D eigenvalue weighted by Gasteiger charge is 2.11. The molecule has 0 amide bonds. The molecule has 0 aliphatic rings. The van der Waals surface area contributed by atoms with Crippen molar-refractivity contribution in [2.75, 3.05) is 0 Å². The molecule has 2 aromatic carbocycles. The van der Waals surface area contributed by atoms with Gasteiger partial charge in [0.1, 0.15) is 16.0 Å². The van der Waals surface area contributed by atoms with E-state index in [-0.39, 0.29) is 4.49 Å². The van der Waals surface area contributed by atoms with E-state index in [1.165, 1.54) is 13.8 Å². The van der Waals surface area contributed by atoms with Gasteiger partial charge in [0.05, 0.1) is 0 Å². The largest absolute Gasteiger partial charge is 0.465 e. The molecular weight excluding hydrogens is 351 g/mol. The van der Waals surface area contributed by atoms with E-state index in [4.69, 9.17) is 32.7 Å². The quantitative estimate of drug-likeness (QED) is 0.745. The number of halogens is 2. The minimum absolute atomic E-state index is 0.128. The molecule has 0 aliphatic heterocycles. The van der Waals surface area contributed by atoms with Gasteiger partial charge in [0.2, 0.25) is 0 Å². The number of benzene rings is 2. The Morgan fingerprint density at radius 3 is 1.33 bits per heavy atom. The van der Waals surface area contributed by atoms with Gasteiger partial charge in [0.25, 0.3) is 0 Å². The van der Waals surface area contributed by atoms with Gasteiger partial charge in [-0.3, -0.25) is 0 Å². The maximum absolute atomic E-state index is 9.24. The third kappa shape index (κ3) is 5.14. The summed E-state index contributed by atoms with van der Waals surface area (Å²) in [5.74, 6) is 1.08. The molecule has 128 valence electrons. The van der Waals surface area contributed by atoms with E-state index in [0.29, 0.717) is 17.1 Å². The third-order valence-corrected chi connectivity index (χ3v) is 3.47. The van der Waals surface area contributed by atoms with Gasteiger partial charge in [-0.2, -0.15) is 0 Å². The van der Waals surface area contributed by atoms with Gasteiger partial charge in [-0.25, -0.2) is 0 Å². The van der Waals surface area contributed by atoms with Crippen LogP contribution in [0.2, 0.25) is 0 Å². The Balaban J connectivity index is 2.28. The Bertz CT molecular complexity index is 632. The normalized spacial score (nSPS) is 13.1. The first-order valence-corrected chi connectivity index (χ1v) is 8.08. The molecule has 2 atom stereocenters.